The maximum absolute atomic E-state index is 13.3. The molecule has 0 saturated heterocycles. The fraction of sp³-hybridized carbons (Fsp3) is 0.562. The molecule has 0 aromatic carbocycles. The second kappa shape index (κ2) is 13.0. The van der Waals surface area contributed by atoms with Crippen molar-refractivity contribution < 1.29 is 19.1 Å². The van der Waals surface area contributed by atoms with E-state index in [0.29, 0.717) is 83.1 Å². The Kier molecular flexibility index (Phi) is 9.64. The van der Waals surface area contributed by atoms with Gasteiger partial charge in [0, 0.05) is 24.9 Å². The van der Waals surface area contributed by atoms with Crippen molar-refractivity contribution in [1.29, 1.82) is 0 Å². The lowest BCUT2D eigenvalue weighted by Crippen LogP contribution is -2.32. The number of aromatic nitrogens is 6. The Morgan fingerprint density at radius 1 is 0.761 bits per heavy atom. The largest absolute Gasteiger partial charge is 0.393 e. The third-order valence-corrected chi connectivity index (χ3v) is 8.19. The Morgan fingerprint density at radius 3 is 1.50 bits per heavy atom. The molecular formula is C32H41Cl2FN8O3. The van der Waals surface area contributed by atoms with Gasteiger partial charge in [-0.15, -0.1) is 0 Å². The minimum Gasteiger partial charge on any atom is -0.393 e. The predicted octanol–water partition coefficient (Wildman–Crippen LogP) is 7.29. The van der Waals surface area contributed by atoms with Gasteiger partial charge in [-0.05, 0) is 60.8 Å². The number of fused-ring (bicyclic) bond motifs is 2. The van der Waals surface area contributed by atoms with Gasteiger partial charge in [-0.1, -0.05) is 64.7 Å². The zero-order valence-corrected chi connectivity index (χ0v) is 28.5. The summed E-state index contributed by atoms with van der Waals surface area (Å²) in [5, 5.41) is 16.1. The topological polar surface area (TPSA) is 140 Å². The molecule has 0 atom stereocenters. The van der Waals surface area contributed by atoms with E-state index in [1.165, 1.54) is 0 Å². The van der Waals surface area contributed by atoms with Crippen LogP contribution in [0.25, 0.3) is 22.3 Å². The van der Waals surface area contributed by atoms with Gasteiger partial charge in [0.2, 0.25) is 23.7 Å². The summed E-state index contributed by atoms with van der Waals surface area (Å²) >= 11 is 12.0. The number of hydrogen-bond donors (Lipinski definition) is 3. The van der Waals surface area contributed by atoms with Crippen LogP contribution in [0.5, 0.6) is 0 Å². The third kappa shape index (κ3) is 8.13. The minimum atomic E-state index is -0.810. The molecular weight excluding hydrogens is 634 g/mol. The van der Waals surface area contributed by atoms with Crippen molar-refractivity contribution in [3.63, 3.8) is 0 Å². The average Bonchev–Trinajstić information content (AvgIpc) is 3.39. The zero-order valence-electron chi connectivity index (χ0n) is 26.9. The molecule has 14 heteroatoms. The standard InChI is InChI=1S/C16H20ClFN4O.C16H21ClN4O2/c1-16(2,3)8-13(23)21-15-19-11-4-5-12(17)20-14(11)22(15)10-6-9(18)7-10;1-16(2,3)8-13(23)20-15-18-11-4-5-12(17)19-14(11)21(15)9-6-10(22)7-9/h4-5,9-10H,6-8H2,1-3H3,(H,19,21,23);4-5,9-10,22H,6-8H2,1-3H3,(H,18,20,23). The first kappa shape index (κ1) is 34.0. The molecule has 0 radical (unpaired) electrons. The summed E-state index contributed by atoms with van der Waals surface area (Å²) in [5.41, 5.74) is 2.32. The van der Waals surface area contributed by atoms with Crippen LogP contribution in [-0.2, 0) is 9.59 Å². The minimum absolute atomic E-state index is 0.0501. The van der Waals surface area contributed by atoms with Crippen LogP contribution >= 0.6 is 23.2 Å². The molecule has 3 N–H and O–H groups in total. The maximum atomic E-state index is 13.3. The quantitative estimate of drug-likeness (QED) is 0.182. The summed E-state index contributed by atoms with van der Waals surface area (Å²) in [7, 11) is 0. The zero-order chi connectivity index (χ0) is 33.6. The molecule has 4 aromatic heterocycles. The van der Waals surface area contributed by atoms with Crippen molar-refractivity contribution in [1.82, 2.24) is 29.1 Å². The Morgan fingerprint density at radius 2 is 1.15 bits per heavy atom. The molecule has 2 aliphatic rings. The number of aliphatic hydroxyl groups excluding tert-OH is 1. The molecule has 46 heavy (non-hydrogen) atoms. The summed E-state index contributed by atoms with van der Waals surface area (Å²) in [6, 6.07) is 6.90. The molecule has 4 aromatic rings. The normalized spacial score (nSPS) is 21.3. The lowest BCUT2D eigenvalue weighted by atomic mass is 9.89. The van der Waals surface area contributed by atoms with Crippen LogP contribution in [-0.4, -0.2) is 58.3 Å². The average molecular weight is 676 g/mol. The van der Waals surface area contributed by atoms with Crippen molar-refractivity contribution in [3.05, 3.63) is 34.6 Å². The van der Waals surface area contributed by atoms with E-state index in [4.69, 9.17) is 23.2 Å². The summed E-state index contributed by atoms with van der Waals surface area (Å²) in [6.45, 7) is 12.0. The third-order valence-electron chi connectivity index (χ3n) is 7.77. The van der Waals surface area contributed by atoms with Crippen LogP contribution in [0.3, 0.4) is 0 Å². The highest BCUT2D eigenvalue weighted by Crippen LogP contribution is 2.40. The molecule has 2 amide bonds. The van der Waals surface area contributed by atoms with E-state index in [1.807, 2.05) is 46.1 Å². The first-order chi connectivity index (χ1) is 21.5. The van der Waals surface area contributed by atoms with Gasteiger partial charge in [-0.25, -0.2) is 24.3 Å². The molecule has 6 rings (SSSR count). The number of halogens is 3. The summed E-state index contributed by atoms with van der Waals surface area (Å²) in [5.74, 6) is 0.693. The van der Waals surface area contributed by atoms with E-state index in [1.54, 1.807) is 28.8 Å². The maximum Gasteiger partial charge on any atom is 0.227 e. The highest BCUT2D eigenvalue weighted by atomic mass is 35.5. The van der Waals surface area contributed by atoms with E-state index in [9.17, 15) is 19.1 Å². The molecule has 11 nitrogen and oxygen atoms in total. The van der Waals surface area contributed by atoms with Gasteiger partial charge in [-0.2, -0.15) is 0 Å². The van der Waals surface area contributed by atoms with Crippen LogP contribution in [0.1, 0.15) is 92.2 Å². The van der Waals surface area contributed by atoms with E-state index < -0.39 is 6.17 Å². The first-order valence-electron chi connectivity index (χ1n) is 15.5. The van der Waals surface area contributed by atoms with E-state index in [0.717, 1.165) is 0 Å². The first-order valence-corrected chi connectivity index (χ1v) is 16.2. The molecule has 2 aliphatic carbocycles. The van der Waals surface area contributed by atoms with Crippen molar-refractivity contribution in [2.75, 3.05) is 10.6 Å². The Labute approximate surface area is 277 Å². The van der Waals surface area contributed by atoms with Gasteiger partial charge in [0.1, 0.15) is 27.5 Å². The number of pyridine rings is 2. The van der Waals surface area contributed by atoms with Crippen LogP contribution < -0.4 is 10.6 Å². The van der Waals surface area contributed by atoms with Crippen LogP contribution in [0.2, 0.25) is 10.3 Å². The van der Waals surface area contributed by atoms with Gasteiger partial charge < -0.3 is 5.11 Å². The summed E-state index contributed by atoms with van der Waals surface area (Å²) in [6.07, 6.45) is 1.72. The molecule has 0 unspecified atom stereocenters. The van der Waals surface area contributed by atoms with Gasteiger partial charge in [0.25, 0.3) is 0 Å². The van der Waals surface area contributed by atoms with Crippen LogP contribution in [0.15, 0.2) is 24.3 Å². The summed E-state index contributed by atoms with van der Waals surface area (Å²) < 4.78 is 17.0. The molecule has 0 spiro atoms. The second-order valence-corrected chi connectivity index (χ2v) is 15.4. The SMILES string of the molecule is CC(C)(C)CC(=O)Nc1nc2ccc(Cl)nc2n1C1CC(F)C1.CC(C)(C)CC(=O)Nc1nc2ccc(Cl)nc2n1C1CC(O)C1. The molecule has 2 fully saturated rings. The lowest BCUT2D eigenvalue weighted by molar-refractivity contribution is -0.118. The van der Waals surface area contributed by atoms with Crippen molar-refractivity contribution in [3.8, 4) is 0 Å². The monoisotopic (exact) mass is 674 g/mol. The number of amides is 2. The second-order valence-electron chi connectivity index (χ2n) is 14.6. The molecule has 2 saturated carbocycles. The van der Waals surface area contributed by atoms with Crippen molar-refractivity contribution in [2.24, 2.45) is 10.8 Å². The van der Waals surface area contributed by atoms with Crippen LogP contribution in [0, 0.1) is 10.8 Å². The number of imidazole rings is 2. The number of carbonyl (C=O) groups excluding carboxylic acids is 2. The van der Waals surface area contributed by atoms with Crippen LogP contribution in [0.4, 0.5) is 16.3 Å². The highest BCUT2D eigenvalue weighted by molar-refractivity contribution is 6.30. The van der Waals surface area contributed by atoms with E-state index >= 15 is 0 Å². The van der Waals surface area contributed by atoms with Gasteiger partial charge in [-0.3, -0.25) is 29.4 Å². The van der Waals surface area contributed by atoms with Crippen molar-refractivity contribution >= 4 is 69.2 Å². The molecule has 248 valence electrons. The number of aliphatic hydroxyl groups is 1. The number of nitrogens with one attached hydrogen (secondary N) is 2. The van der Waals surface area contributed by atoms with Gasteiger partial charge in [0.15, 0.2) is 11.3 Å². The summed E-state index contributed by atoms with van der Waals surface area (Å²) in [4.78, 5) is 42.0. The smallest absolute Gasteiger partial charge is 0.227 e. The predicted molar refractivity (Wildman–Crippen MR) is 178 cm³/mol. The number of hydrogen-bond acceptors (Lipinski definition) is 7. The number of anilines is 2. The Balaban J connectivity index is 0.000000181. The van der Waals surface area contributed by atoms with E-state index in [-0.39, 0.29) is 40.8 Å². The molecule has 0 aliphatic heterocycles. The van der Waals surface area contributed by atoms with Crippen molar-refractivity contribution in [2.45, 2.75) is 104 Å². The fourth-order valence-electron chi connectivity index (χ4n) is 5.57. The number of alkyl halides is 1. The molecule has 4 heterocycles. The lowest BCUT2D eigenvalue weighted by Gasteiger charge is -2.33. The van der Waals surface area contributed by atoms with Gasteiger partial charge >= 0.3 is 0 Å². The Bertz CT molecular complexity index is 1620. The fourth-order valence-corrected chi connectivity index (χ4v) is 5.86. The molecule has 0 bridgehead atoms. The number of rotatable bonds is 6. The highest BCUT2D eigenvalue weighted by Gasteiger charge is 2.35. The van der Waals surface area contributed by atoms with E-state index in [2.05, 4.69) is 30.6 Å². The van der Waals surface area contributed by atoms with Gasteiger partial charge in [0.05, 0.1) is 6.10 Å². The number of carbonyl (C=O) groups is 2. The number of nitrogens with zero attached hydrogens (tertiary/aromatic N) is 6. The Hall–Kier alpha value is -3.35.